The highest BCUT2D eigenvalue weighted by Crippen LogP contribution is 2.22. The van der Waals surface area contributed by atoms with Crippen molar-refractivity contribution in [1.82, 2.24) is 4.98 Å². The summed E-state index contributed by atoms with van der Waals surface area (Å²) in [5.74, 6) is 0.876. The third-order valence-electron chi connectivity index (χ3n) is 4.58. The summed E-state index contributed by atoms with van der Waals surface area (Å²) in [7, 11) is 0. The molecule has 2 aromatic carbocycles. The van der Waals surface area contributed by atoms with E-state index in [9.17, 15) is 4.79 Å². The maximum Gasteiger partial charge on any atom is 0.343 e. The van der Waals surface area contributed by atoms with E-state index in [0.29, 0.717) is 17.9 Å². The molecule has 0 aliphatic rings. The van der Waals surface area contributed by atoms with Crippen LogP contribution in [-0.4, -0.2) is 17.6 Å². The lowest BCUT2D eigenvalue weighted by atomic mass is 10.1. The second-order valence-corrected chi connectivity index (χ2v) is 6.94. The number of nitrogens with zero attached hydrogens (tertiary/aromatic N) is 1. The van der Waals surface area contributed by atoms with Crippen molar-refractivity contribution in [3.8, 4) is 22.8 Å². The van der Waals surface area contributed by atoms with Gasteiger partial charge >= 0.3 is 5.97 Å². The summed E-state index contributed by atoms with van der Waals surface area (Å²) in [6, 6.07) is 18.6. The first-order valence-electron chi connectivity index (χ1n) is 10.2. The molecular formula is C25H27NO3. The van der Waals surface area contributed by atoms with Crippen molar-refractivity contribution in [2.45, 2.75) is 39.5 Å². The molecule has 0 saturated carbocycles. The lowest BCUT2D eigenvalue weighted by molar-refractivity contribution is 0.0734. The van der Waals surface area contributed by atoms with Gasteiger partial charge in [0, 0.05) is 11.8 Å². The fraction of sp³-hybridized carbons (Fsp3) is 0.280. The standard InChI is InChI=1S/C25H27NO3/c1-3-5-17-28-22-12-10-21(11-13-22)25(27)29-23-14-8-20(9-15-23)24-16-7-19(6-4-2)18-26-24/h7-16,18H,3-6,17H2,1-2H3. The number of carbonyl (C=O) groups excluding carboxylic acids is 1. The van der Waals surface area contributed by atoms with Gasteiger partial charge in [-0.25, -0.2) is 4.79 Å². The van der Waals surface area contributed by atoms with Gasteiger partial charge in [-0.2, -0.15) is 0 Å². The summed E-state index contributed by atoms with van der Waals surface area (Å²) in [6.45, 7) is 4.96. The number of rotatable bonds is 9. The molecule has 0 fully saturated rings. The Bertz CT molecular complexity index is 900. The van der Waals surface area contributed by atoms with Crippen LogP contribution in [0, 0.1) is 0 Å². The van der Waals surface area contributed by atoms with E-state index >= 15 is 0 Å². The van der Waals surface area contributed by atoms with Crippen LogP contribution >= 0.6 is 0 Å². The number of hydrogen-bond acceptors (Lipinski definition) is 4. The normalized spacial score (nSPS) is 10.6. The molecule has 0 spiro atoms. The van der Waals surface area contributed by atoms with Gasteiger partial charge < -0.3 is 9.47 Å². The Labute approximate surface area is 172 Å². The predicted molar refractivity (Wildman–Crippen MR) is 115 cm³/mol. The molecule has 150 valence electrons. The number of aryl methyl sites for hydroxylation is 1. The first-order chi connectivity index (χ1) is 14.2. The van der Waals surface area contributed by atoms with Crippen LogP contribution in [0.15, 0.2) is 66.9 Å². The van der Waals surface area contributed by atoms with E-state index < -0.39 is 0 Å². The minimum Gasteiger partial charge on any atom is -0.494 e. The molecule has 1 heterocycles. The maximum absolute atomic E-state index is 12.4. The summed E-state index contributed by atoms with van der Waals surface area (Å²) < 4.78 is 11.1. The lowest BCUT2D eigenvalue weighted by Gasteiger charge is -2.08. The molecule has 0 aliphatic heterocycles. The first kappa shape index (κ1) is 20.6. The van der Waals surface area contributed by atoms with Crippen LogP contribution in [0.2, 0.25) is 0 Å². The number of aromatic nitrogens is 1. The molecule has 0 atom stereocenters. The fourth-order valence-corrected chi connectivity index (χ4v) is 2.91. The van der Waals surface area contributed by atoms with Crippen LogP contribution in [-0.2, 0) is 6.42 Å². The number of esters is 1. The molecule has 4 heteroatoms. The van der Waals surface area contributed by atoms with Crippen LogP contribution in [0.4, 0.5) is 0 Å². The van der Waals surface area contributed by atoms with E-state index in [1.807, 2.05) is 24.4 Å². The highest BCUT2D eigenvalue weighted by Gasteiger charge is 2.09. The zero-order valence-corrected chi connectivity index (χ0v) is 17.1. The third-order valence-corrected chi connectivity index (χ3v) is 4.58. The molecule has 3 rings (SSSR count). The number of ether oxygens (including phenoxy) is 2. The van der Waals surface area contributed by atoms with Crippen LogP contribution in [0.1, 0.15) is 49.0 Å². The maximum atomic E-state index is 12.4. The highest BCUT2D eigenvalue weighted by atomic mass is 16.5. The summed E-state index contributed by atoms with van der Waals surface area (Å²) in [5.41, 5.74) is 3.62. The largest absolute Gasteiger partial charge is 0.494 e. The Kier molecular flexibility index (Phi) is 7.40. The third kappa shape index (κ3) is 5.92. The summed E-state index contributed by atoms with van der Waals surface area (Å²) in [5, 5.41) is 0. The summed E-state index contributed by atoms with van der Waals surface area (Å²) in [6.07, 6.45) is 6.16. The number of pyridine rings is 1. The molecule has 0 bridgehead atoms. The van der Waals surface area contributed by atoms with Gasteiger partial charge in [0.2, 0.25) is 0 Å². The zero-order chi connectivity index (χ0) is 20.5. The monoisotopic (exact) mass is 389 g/mol. The SMILES string of the molecule is CCCCOc1ccc(C(=O)Oc2ccc(-c3ccc(CCC)cn3)cc2)cc1. The molecule has 0 saturated heterocycles. The van der Waals surface area contributed by atoms with Crippen LogP contribution < -0.4 is 9.47 Å². The number of hydrogen-bond donors (Lipinski definition) is 0. The summed E-state index contributed by atoms with van der Waals surface area (Å²) in [4.78, 5) is 16.9. The molecular weight excluding hydrogens is 362 g/mol. The molecule has 4 nitrogen and oxygen atoms in total. The fourth-order valence-electron chi connectivity index (χ4n) is 2.91. The number of benzene rings is 2. The quantitative estimate of drug-likeness (QED) is 0.252. The van der Waals surface area contributed by atoms with Crippen molar-refractivity contribution in [3.05, 3.63) is 78.0 Å². The van der Waals surface area contributed by atoms with Gasteiger partial charge in [-0.3, -0.25) is 4.98 Å². The average molecular weight is 389 g/mol. The minimum absolute atomic E-state index is 0.389. The molecule has 0 amide bonds. The van der Waals surface area contributed by atoms with E-state index in [-0.39, 0.29) is 5.97 Å². The topological polar surface area (TPSA) is 48.4 Å². The smallest absolute Gasteiger partial charge is 0.343 e. The van der Waals surface area contributed by atoms with Gasteiger partial charge in [-0.15, -0.1) is 0 Å². The molecule has 0 unspecified atom stereocenters. The van der Waals surface area contributed by atoms with Crippen molar-refractivity contribution in [2.75, 3.05) is 6.61 Å². The van der Waals surface area contributed by atoms with Crippen LogP contribution in [0.5, 0.6) is 11.5 Å². The van der Waals surface area contributed by atoms with Crippen molar-refractivity contribution < 1.29 is 14.3 Å². The van der Waals surface area contributed by atoms with Gasteiger partial charge in [0.15, 0.2) is 0 Å². The van der Waals surface area contributed by atoms with Crippen molar-refractivity contribution in [3.63, 3.8) is 0 Å². The number of unbranched alkanes of at least 4 members (excludes halogenated alkanes) is 1. The van der Waals surface area contributed by atoms with Crippen molar-refractivity contribution in [1.29, 1.82) is 0 Å². The second kappa shape index (κ2) is 10.4. The predicted octanol–water partition coefficient (Wildman–Crippen LogP) is 6.10. The van der Waals surface area contributed by atoms with E-state index in [1.165, 1.54) is 5.56 Å². The lowest BCUT2D eigenvalue weighted by Crippen LogP contribution is -2.08. The van der Waals surface area contributed by atoms with Gasteiger partial charge in [0.05, 0.1) is 17.9 Å². The van der Waals surface area contributed by atoms with Crippen LogP contribution in [0.25, 0.3) is 11.3 Å². The van der Waals surface area contributed by atoms with Gasteiger partial charge in [0.25, 0.3) is 0 Å². The average Bonchev–Trinajstić information content (AvgIpc) is 2.76. The molecule has 1 aromatic heterocycles. The molecule has 0 radical (unpaired) electrons. The Balaban J connectivity index is 1.59. The van der Waals surface area contributed by atoms with Gasteiger partial charge in [-0.1, -0.05) is 32.8 Å². The Morgan fingerprint density at radius 1 is 0.862 bits per heavy atom. The zero-order valence-electron chi connectivity index (χ0n) is 17.1. The van der Waals surface area contributed by atoms with Gasteiger partial charge in [0.1, 0.15) is 11.5 Å². The molecule has 29 heavy (non-hydrogen) atoms. The molecule has 0 N–H and O–H groups in total. The Hall–Kier alpha value is -3.14. The summed E-state index contributed by atoms with van der Waals surface area (Å²) >= 11 is 0. The van der Waals surface area contributed by atoms with E-state index in [1.54, 1.807) is 36.4 Å². The van der Waals surface area contributed by atoms with Crippen LogP contribution in [0.3, 0.4) is 0 Å². The van der Waals surface area contributed by atoms with E-state index in [0.717, 1.165) is 42.7 Å². The Morgan fingerprint density at radius 2 is 1.59 bits per heavy atom. The second-order valence-electron chi connectivity index (χ2n) is 6.94. The van der Waals surface area contributed by atoms with Gasteiger partial charge in [-0.05, 0) is 73.0 Å². The van der Waals surface area contributed by atoms with Crippen molar-refractivity contribution >= 4 is 5.97 Å². The first-order valence-corrected chi connectivity index (χ1v) is 10.2. The number of carbonyl (C=O) groups is 1. The highest BCUT2D eigenvalue weighted by molar-refractivity contribution is 5.91. The van der Waals surface area contributed by atoms with E-state index in [2.05, 4.69) is 24.9 Å². The molecule has 3 aromatic rings. The molecule has 0 aliphatic carbocycles. The van der Waals surface area contributed by atoms with Crippen molar-refractivity contribution in [2.24, 2.45) is 0 Å². The minimum atomic E-state index is -0.389. The Morgan fingerprint density at radius 3 is 2.21 bits per heavy atom. The van der Waals surface area contributed by atoms with E-state index in [4.69, 9.17) is 9.47 Å².